The Hall–Kier alpha value is -2.25. The average molecular weight is 392 g/mol. The zero-order chi connectivity index (χ0) is 17.7. The number of halogens is 1. The molecule has 1 amide bonds. The predicted molar refractivity (Wildman–Crippen MR) is 96.8 cm³/mol. The van der Waals surface area contributed by atoms with Crippen molar-refractivity contribution in [1.29, 1.82) is 0 Å². The van der Waals surface area contributed by atoms with Gasteiger partial charge in [0.25, 0.3) is 5.69 Å². The highest BCUT2D eigenvalue weighted by atomic mass is 79.9. The second kappa shape index (κ2) is 8.03. The smallest absolute Gasteiger partial charge is 0.269 e. The van der Waals surface area contributed by atoms with Gasteiger partial charge in [-0.15, -0.1) is 0 Å². The maximum atomic E-state index is 12.3. The topological polar surface area (TPSA) is 75.5 Å². The highest BCUT2D eigenvalue weighted by molar-refractivity contribution is 9.10. The molecule has 1 unspecified atom stereocenters. The number of nitrogens with zero attached hydrogens (tertiary/aromatic N) is 2. The SMILES string of the molecule is CC(C(=O)Nc1ccc([N+](=O)[O-])cc1)N(C)Cc1ccccc1Br. The minimum atomic E-state index is -0.472. The Bertz CT molecular complexity index is 734. The fourth-order valence-electron chi connectivity index (χ4n) is 2.15. The molecule has 1 atom stereocenters. The van der Waals surface area contributed by atoms with Crippen molar-refractivity contribution < 1.29 is 9.72 Å². The number of benzene rings is 2. The van der Waals surface area contributed by atoms with Crippen molar-refractivity contribution in [3.8, 4) is 0 Å². The standard InChI is InChI=1S/C17H18BrN3O3/c1-12(20(2)11-13-5-3-4-6-16(13)18)17(22)19-14-7-9-15(10-8-14)21(23)24/h3-10,12H,11H2,1-2H3,(H,19,22). The summed E-state index contributed by atoms with van der Waals surface area (Å²) in [5, 5.41) is 13.4. The largest absolute Gasteiger partial charge is 0.325 e. The summed E-state index contributed by atoms with van der Waals surface area (Å²) in [5.41, 5.74) is 1.62. The van der Waals surface area contributed by atoms with E-state index in [1.54, 1.807) is 0 Å². The third kappa shape index (κ3) is 4.62. The molecule has 0 spiro atoms. The van der Waals surface area contributed by atoms with Crippen molar-refractivity contribution in [2.75, 3.05) is 12.4 Å². The van der Waals surface area contributed by atoms with Gasteiger partial charge in [0.2, 0.25) is 5.91 Å². The van der Waals surface area contributed by atoms with Crippen LogP contribution < -0.4 is 5.32 Å². The molecular weight excluding hydrogens is 374 g/mol. The number of likely N-dealkylation sites (N-methyl/N-ethyl adjacent to an activating group) is 1. The van der Waals surface area contributed by atoms with E-state index < -0.39 is 4.92 Å². The number of nitro benzene ring substituents is 1. The first kappa shape index (κ1) is 18.1. The van der Waals surface area contributed by atoms with Crippen LogP contribution in [0.1, 0.15) is 12.5 Å². The molecule has 0 aliphatic rings. The summed E-state index contributed by atoms with van der Waals surface area (Å²) < 4.78 is 1.000. The second-order valence-electron chi connectivity index (χ2n) is 5.48. The Morgan fingerprint density at radius 2 is 1.88 bits per heavy atom. The molecule has 2 aromatic rings. The molecule has 24 heavy (non-hydrogen) atoms. The summed E-state index contributed by atoms with van der Waals surface area (Å²) in [6.07, 6.45) is 0. The predicted octanol–water partition coefficient (Wildman–Crippen LogP) is 3.82. The maximum Gasteiger partial charge on any atom is 0.269 e. The van der Waals surface area contributed by atoms with E-state index in [1.165, 1.54) is 24.3 Å². The number of nitrogens with one attached hydrogen (secondary N) is 1. The number of anilines is 1. The summed E-state index contributed by atoms with van der Waals surface area (Å²) in [6, 6.07) is 13.3. The fraction of sp³-hybridized carbons (Fsp3) is 0.235. The Morgan fingerprint density at radius 3 is 2.46 bits per heavy atom. The van der Waals surface area contributed by atoms with Gasteiger partial charge in [0.15, 0.2) is 0 Å². The summed E-state index contributed by atoms with van der Waals surface area (Å²) in [7, 11) is 1.87. The van der Waals surface area contributed by atoms with Gasteiger partial charge < -0.3 is 5.32 Å². The molecule has 0 saturated carbocycles. The fourth-order valence-corrected chi connectivity index (χ4v) is 2.56. The molecule has 0 radical (unpaired) electrons. The van der Waals surface area contributed by atoms with Gasteiger partial charge in [-0.05, 0) is 37.7 Å². The molecule has 0 aliphatic heterocycles. The molecule has 7 heteroatoms. The number of non-ortho nitro benzene ring substituents is 1. The van der Waals surface area contributed by atoms with E-state index in [2.05, 4.69) is 21.2 Å². The Morgan fingerprint density at radius 1 is 1.25 bits per heavy atom. The van der Waals surface area contributed by atoms with Crippen LogP contribution >= 0.6 is 15.9 Å². The normalized spacial score (nSPS) is 12.0. The molecule has 126 valence electrons. The summed E-state index contributed by atoms with van der Waals surface area (Å²) in [6.45, 7) is 2.44. The molecule has 0 aromatic heterocycles. The van der Waals surface area contributed by atoms with Crippen molar-refractivity contribution in [3.63, 3.8) is 0 Å². The Kier molecular flexibility index (Phi) is 6.05. The first-order valence-corrected chi connectivity index (χ1v) is 8.16. The monoisotopic (exact) mass is 391 g/mol. The molecule has 2 rings (SSSR count). The van der Waals surface area contributed by atoms with Crippen LogP contribution in [0.4, 0.5) is 11.4 Å². The molecule has 1 N–H and O–H groups in total. The summed E-state index contributed by atoms with van der Waals surface area (Å²) in [5.74, 6) is -0.168. The van der Waals surface area contributed by atoms with E-state index in [4.69, 9.17) is 0 Å². The van der Waals surface area contributed by atoms with Gasteiger partial charge >= 0.3 is 0 Å². The highest BCUT2D eigenvalue weighted by Crippen LogP contribution is 2.19. The van der Waals surface area contributed by atoms with Gasteiger partial charge in [-0.25, -0.2) is 0 Å². The van der Waals surface area contributed by atoms with Crippen molar-refractivity contribution in [2.24, 2.45) is 0 Å². The van der Waals surface area contributed by atoms with Crippen LogP contribution in [0.5, 0.6) is 0 Å². The molecule has 0 heterocycles. The van der Waals surface area contributed by atoms with Crippen LogP contribution in [0.3, 0.4) is 0 Å². The molecule has 0 aliphatic carbocycles. The first-order valence-electron chi connectivity index (χ1n) is 7.37. The molecule has 0 bridgehead atoms. The second-order valence-corrected chi connectivity index (χ2v) is 6.33. The lowest BCUT2D eigenvalue weighted by molar-refractivity contribution is -0.384. The number of amides is 1. The Labute approximate surface area is 148 Å². The van der Waals surface area contributed by atoms with Gasteiger partial charge in [-0.2, -0.15) is 0 Å². The average Bonchev–Trinajstić information content (AvgIpc) is 2.56. The minimum Gasteiger partial charge on any atom is -0.325 e. The number of hydrogen-bond acceptors (Lipinski definition) is 4. The lowest BCUT2D eigenvalue weighted by Crippen LogP contribution is -2.39. The van der Waals surface area contributed by atoms with Crippen LogP contribution in [0.15, 0.2) is 53.0 Å². The number of hydrogen-bond donors (Lipinski definition) is 1. The molecule has 6 nitrogen and oxygen atoms in total. The van der Waals surface area contributed by atoms with Gasteiger partial charge in [0.05, 0.1) is 11.0 Å². The van der Waals surface area contributed by atoms with Crippen molar-refractivity contribution >= 4 is 33.2 Å². The van der Waals surface area contributed by atoms with Crippen molar-refractivity contribution in [3.05, 3.63) is 68.7 Å². The first-order chi connectivity index (χ1) is 11.4. The van der Waals surface area contributed by atoms with E-state index in [-0.39, 0.29) is 17.6 Å². The third-order valence-corrected chi connectivity index (χ3v) is 4.54. The number of rotatable bonds is 6. The van der Waals surface area contributed by atoms with Gasteiger partial charge in [-0.3, -0.25) is 19.8 Å². The minimum absolute atomic E-state index is 0.00732. The van der Waals surface area contributed by atoms with E-state index in [0.29, 0.717) is 12.2 Å². The van der Waals surface area contributed by atoms with E-state index in [1.807, 2.05) is 43.1 Å². The van der Waals surface area contributed by atoms with E-state index in [0.717, 1.165) is 10.0 Å². The van der Waals surface area contributed by atoms with Crippen LogP contribution in [0.25, 0.3) is 0 Å². The van der Waals surface area contributed by atoms with E-state index in [9.17, 15) is 14.9 Å². The maximum absolute atomic E-state index is 12.3. The lowest BCUT2D eigenvalue weighted by atomic mass is 10.2. The number of nitro groups is 1. The van der Waals surface area contributed by atoms with Gasteiger partial charge in [0.1, 0.15) is 0 Å². The van der Waals surface area contributed by atoms with Gasteiger partial charge in [-0.1, -0.05) is 34.1 Å². The van der Waals surface area contributed by atoms with Crippen LogP contribution in [-0.2, 0) is 11.3 Å². The molecular formula is C17H18BrN3O3. The summed E-state index contributed by atoms with van der Waals surface area (Å²) in [4.78, 5) is 24.4. The van der Waals surface area contributed by atoms with E-state index >= 15 is 0 Å². The number of carbonyl (C=O) groups excluding carboxylic acids is 1. The van der Waals surface area contributed by atoms with Gasteiger partial charge in [0, 0.05) is 28.8 Å². The van der Waals surface area contributed by atoms with Crippen LogP contribution in [0.2, 0.25) is 0 Å². The molecule has 2 aromatic carbocycles. The highest BCUT2D eigenvalue weighted by Gasteiger charge is 2.19. The summed E-state index contributed by atoms with van der Waals surface area (Å²) >= 11 is 3.50. The number of carbonyl (C=O) groups is 1. The Balaban J connectivity index is 1.98. The molecule has 0 fully saturated rings. The quantitative estimate of drug-likeness (QED) is 0.599. The van der Waals surface area contributed by atoms with Crippen LogP contribution in [0, 0.1) is 10.1 Å². The van der Waals surface area contributed by atoms with Crippen molar-refractivity contribution in [1.82, 2.24) is 4.90 Å². The molecule has 0 saturated heterocycles. The van der Waals surface area contributed by atoms with Crippen LogP contribution in [-0.4, -0.2) is 28.8 Å². The zero-order valence-electron chi connectivity index (χ0n) is 13.4. The zero-order valence-corrected chi connectivity index (χ0v) is 15.0. The van der Waals surface area contributed by atoms with Crippen molar-refractivity contribution in [2.45, 2.75) is 19.5 Å². The third-order valence-electron chi connectivity index (χ3n) is 3.76. The lowest BCUT2D eigenvalue weighted by Gasteiger charge is -2.24.